The SMILES string of the molecule is CC(C)N(C)S(=O)(=O)c1ccc(CNC(=O)[C@@H]2CCC[C@@H]2CN)cc1. The molecule has 2 atom stereocenters. The zero-order chi connectivity index (χ0) is 18.6. The van der Waals surface area contributed by atoms with Crippen molar-refractivity contribution in [3.63, 3.8) is 0 Å². The van der Waals surface area contributed by atoms with E-state index in [1.54, 1.807) is 31.3 Å². The van der Waals surface area contributed by atoms with Gasteiger partial charge in [0.15, 0.2) is 0 Å². The number of nitrogens with two attached hydrogens (primary N) is 1. The van der Waals surface area contributed by atoms with Crippen LogP contribution in [0.4, 0.5) is 0 Å². The molecule has 0 aromatic heterocycles. The highest BCUT2D eigenvalue weighted by atomic mass is 32.2. The molecule has 1 aliphatic carbocycles. The lowest BCUT2D eigenvalue weighted by Gasteiger charge is -2.21. The summed E-state index contributed by atoms with van der Waals surface area (Å²) in [5.41, 5.74) is 6.61. The van der Waals surface area contributed by atoms with Crippen LogP contribution in [0.1, 0.15) is 38.7 Å². The highest BCUT2D eigenvalue weighted by Crippen LogP contribution is 2.31. The summed E-state index contributed by atoms with van der Waals surface area (Å²) in [6.45, 7) is 4.61. The van der Waals surface area contributed by atoms with E-state index in [-0.39, 0.29) is 28.7 Å². The predicted molar refractivity (Wildman–Crippen MR) is 98.3 cm³/mol. The molecule has 6 nitrogen and oxygen atoms in total. The zero-order valence-electron chi connectivity index (χ0n) is 15.2. The molecule has 1 aliphatic rings. The summed E-state index contributed by atoms with van der Waals surface area (Å²) in [6, 6.07) is 6.57. The van der Waals surface area contributed by atoms with Crippen molar-refractivity contribution in [2.24, 2.45) is 17.6 Å². The van der Waals surface area contributed by atoms with Crippen LogP contribution in [-0.2, 0) is 21.4 Å². The molecule has 3 N–H and O–H groups in total. The number of carbonyl (C=O) groups excluding carboxylic acids is 1. The molecule has 0 radical (unpaired) electrons. The van der Waals surface area contributed by atoms with Crippen LogP contribution in [0, 0.1) is 11.8 Å². The van der Waals surface area contributed by atoms with Gasteiger partial charge < -0.3 is 11.1 Å². The van der Waals surface area contributed by atoms with Gasteiger partial charge in [0.25, 0.3) is 0 Å². The highest BCUT2D eigenvalue weighted by molar-refractivity contribution is 7.89. The fourth-order valence-corrected chi connectivity index (χ4v) is 4.58. The summed E-state index contributed by atoms with van der Waals surface area (Å²) in [5.74, 6) is 0.327. The summed E-state index contributed by atoms with van der Waals surface area (Å²) in [7, 11) is -1.90. The standard InChI is InChI=1S/C18H29N3O3S/c1-13(2)21(3)25(23,24)16-9-7-14(8-10-16)12-20-18(22)17-6-4-5-15(17)11-19/h7-10,13,15,17H,4-6,11-12,19H2,1-3H3,(H,20,22)/t15-,17-/m1/s1. The summed E-state index contributed by atoms with van der Waals surface area (Å²) in [4.78, 5) is 12.6. The highest BCUT2D eigenvalue weighted by Gasteiger charge is 2.31. The average Bonchev–Trinajstić information content (AvgIpc) is 3.08. The van der Waals surface area contributed by atoms with Crippen LogP contribution < -0.4 is 11.1 Å². The van der Waals surface area contributed by atoms with Gasteiger partial charge in [0, 0.05) is 25.6 Å². The maximum absolute atomic E-state index is 12.4. The van der Waals surface area contributed by atoms with Crippen molar-refractivity contribution in [3.05, 3.63) is 29.8 Å². The Morgan fingerprint density at radius 1 is 1.28 bits per heavy atom. The third kappa shape index (κ3) is 4.59. The van der Waals surface area contributed by atoms with Gasteiger partial charge in [-0.15, -0.1) is 0 Å². The minimum absolute atomic E-state index is 0.00402. The molecular weight excluding hydrogens is 338 g/mol. The van der Waals surface area contributed by atoms with Crippen molar-refractivity contribution in [1.29, 1.82) is 0 Å². The van der Waals surface area contributed by atoms with Gasteiger partial charge in [0.05, 0.1) is 4.90 Å². The second-order valence-electron chi connectivity index (χ2n) is 7.01. The number of carbonyl (C=O) groups is 1. The normalized spacial score (nSPS) is 21.0. The number of hydrogen-bond donors (Lipinski definition) is 2. The lowest BCUT2D eigenvalue weighted by Crippen LogP contribution is -2.34. The fourth-order valence-electron chi connectivity index (χ4n) is 3.21. The summed E-state index contributed by atoms with van der Waals surface area (Å²) < 4.78 is 26.2. The van der Waals surface area contributed by atoms with Gasteiger partial charge in [-0.2, -0.15) is 4.31 Å². The molecule has 25 heavy (non-hydrogen) atoms. The van der Waals surface area contributed by atoms with Crippen molar-refractivity contribution < 1.29 is 13.2 Å². The third-order valence-electron chi connectivity index (χ3n) is 5.09. The molecule has 1 saturated carbocycles. The summed E-state index contributed by atoms with van der Waals surface area (Å²) >= 11 is 0. The minimum atomic E-state index is -3.48. The Morgan fingerprint density at radius 3 is 2.48 bits per heavy atom. The van der Waals surface area contributed by atoms with E-state index in [1.807, 2.05) is 13.8 Å². The van der Waals surface area contributed by atoms with E-state index in [0.29, 0.717) is 13.1 Å². The largest absolute Gasteiger partial charge is 0.352 e. The maximum Gasteiger partial charge on any atom is 0.243 e. The monoisotopic (exact) mass is 367 g/mol. The van der Waals surface area contributed by atoms with E-state index >= 15 is 0 Å². The molecule has 0 bridgehead atoms. The van der Waals surface area contributed by atoms with Gasteiger partial charge in [0.1, 0.15) is 0 Å². The van der Waals surface area contributed by atoms with Crippen LogP contribution in [-0.4, -0.2) is 38.3 Å². The molecule has 0 aliphatic heterocycles. The van der Waals surface area contributed by atoms with E-state index in [4.69, 9.17) is 5.73 Å². The molecule has 1 fully saturated rings. The van der Waals surface area contributed by atoms with Gasteiger partial charge in [-0.05, 0) is 56.8 Å². The van der Waals surface area contributed by atoms with Gasteiger partial charge in [-0.3, -0.25) is 4.79 Å². The van der Waals surface area contributed by atoms with Crippen LogP contribution in [0.25, 0.3) is 0 Å². The first-order valence-corrected chi connectivity index (χ1v) is 10.3. The second-order valence-corrected chi connectivity index (χ2v) is 9.01. The number of sulfonamides is 1. The van der Waals surface area contributed by atoms with Crippen LogP contribution in [0.15, 0.2) is 29.2 Å². The van der Waals surface area contributed by atoms with Crippen molar-refractivity contribution in [3.8, 4) is 0 Å². The van der Waals surface area contributed by atoms with Gasteiger partial charge >= 0.3 is 0 Å². The van der Waals surface area contributed by atoms with E-state index < -0.39 is 10.0 Å². The Balaban J connectivity index is 1.98. The van der Waals surface area contributed by atoms with Crippen LogP contribution in [0.2, 0.25) is 0 Å². The van der Waals surface area contributed by atoms with Crippen molar-refractivity contribution in [2.75, 3.05) is 13.6 Å². The van der Waals surface area contributed by atoms with Crippen molar-refractivity contribution in [1.82, 2.24) is 9.62 Å². The molecule has 7 heteroatoms. The predicted octanol–water partition coefficient (Wildman–Crippen LogP) is 1.71. The lowest BCUT2D eigenvalue weighted by atomic mass is 9.95. The Kier molecular flexibility index (Phi) is 6.59. The van der Waals surface area contributed by atoms with E-state index in [1.165, 1.54) is 4.31 Å². The quantitative estimate of drug-likeness (QED) is 0.767. The lowest BCUT2D eigenvalue weighted by molar-refractivity contribution is -0.126. The van der Waals surface area contributed by atoms with Gasteiger partial charge in [-0.1, -0.05) is 18.6 Å². The van der Waals surface area contributed by atoms with Gasteiger partial charge in [-0.25, -0.2) is 8.42 Å². The van der Waals surface area contributed by atoms with E-state index in [0.717, 1.165) is 24.8 Å². The van der Waals surface area contributed by atoms with Crippen LogP contribution in [0.5, 0.6) is 0 Å². The number of nitrogens with one attached hydrogen (secondary N) is 1. The molecule has 0 saturated heterocycles. The van der Waals surface area contributed by atoms with Crippen molar-refractivity contribution in [2.45, 2.75) is 50.6 Å². The number of amides is 1. The second kappa shape index (κ2) is 8.29. The fraction of sp³-hybridized carbons (Fsp3) is 0.611. The van der Waals surface area contributed by atoms with E-state index in [9.17, 15) is 13.2 Å². The number of nitrogens with zero attached hydrogens (tertiary/aromatic N) is 1. The first-order valence-electron chi connectivity index (χ1n) is 8.82. The third-order valence-corrected chi connectivity index (χ3v) is 7.14. The summed E-state index contributed by atoms with van der Waals surface area (Å²) in [5, 5.41) is 2.95. The smallest absolute Gasteiger partial charge is 0.243 e. The molecule has 0 spiro atoms. The van der Waals surface area contributed by atoms with Crippen LogP contribution in [0.3, 0.4) is 0 Å². The maximum atomic E-state index is 12.4. The average molecular weight is 368 g/mol. The molecule has 0 unspecified atom stereocenters. The number of rotatable bonds is 7. The molecule has 2 rings (SSSR count). The first kappa shape index (κ1) is 19.9. The minimum Gasteiger partial charge on any atom is -0.352 e. The summed E-state index contributed by atoms with van der Waals surface area (Å²) in [6.07, 6.45) is 2.97. The van der Waals surface area contributed by atoms with E-state index in [2.05, 4.69) is 5.32 Å². The molecule has 1 aromatic carbocycles. The molecule has 140 valence electrons. The Labute approximate surface area is 150 Å². The Morgan fingerprint density at radius 2 is 1.92 bits per heavy atom. The Bertz CT molecular complexity index is 686. The zero-order valence-corrected chi connectivity index (χ0v) is 16.1. The van der Waals surface area contributed by atoms with Crippen LogP contribution >= 0.6 is 0 Å². The molecular formula is C18H29N3O3S. The molecule has 0 heterocycles. The number of hydrogen-bond acceptors (Lipinski definition) is 4. The Hall–Kier alpha value is -1.44. The molecule has 1 aromatic rings. The first-order chi connectivity index (χ1) is 11.8. The van der Waals surface area contributed by atoms with Crippen molar-refractivity contribution >= 4 is 15.9 Å². The number of benzene rings is 1. The topological polar surface area (TPSA) is 92.5 Å². The molecule has 1 amide bonds. The van der Waals surface area contributed by atoms with Gasteiger partial charge in [0.2, 0.25) is 15.9 Å².